The summed E-state index contributed by atoms with van der Waals surface area (Å²) in [7, 11) is 0. The molecule has 1 rings (SSSR count). The van der Waals surface area contributed by atoms with Crippen molar-refractivity contribution in [3.63, 3.8) is 0 Å². The molecular weight excluding hydrogens is 188 g/mol. The summed E-state index contributed by atoms with van der Waals surface area (Å²) in [5.74, 6) is -0.370. The van der Waals surface area contributed by atoms with Crippen molar-refractivity contribution in [2.45, 2.75) is 32.2 Å². The Morgan fingerprint density at radius 3 is 2.21 bits per heavy atom. The van der Waals surface area contributed by atoms with E-state index in [9.17, 15) is 10.2 Å². The molecule has 2 unspecified atom stereocenters. The van der Waals surface area contributed by atoms with Gasteiger partial charge in [0, 0.05) is 19.1 Å². The first-order valence-electron chi connectivity index (χ1n) is 4.79. The molecule has 6 heteroatoms. The lowest BCUT2D eigenvalue weighted by molar-refractivity contribution is -0.125. The number of hydrogen-bond acceptors (Lipinski definition) is 6. The largest absolute Gasteiger partial charge is 0.382 e. The molecule has 1 aliphatic rings. The molecule has 0 aliphatic carbocycles. The molecule has 6 nitrogen and oxygen atoms in total. The molecule has 5 N–H and O–H groups in total. The number of aliphatic hydroxyl groups is 3. The van der Waals surface area contributed by atoms with Crippen molar-refractivity contribution in [2.75, 3.05) is 13.2 Å². The van der Waals surface area contributed by atoms with Gasteiger partial charge in [-0.3, -0.25) is 10.6 Å². The molecular formula is C8H18N2O4. The zero-order chi connectivity index (χ0) is 10.6. The van der Waals surface area contributed by atoms with Crippen molar-refractivity contribution in [1.29, 1.82) is 0 Å². The summed E-state index contributed by atoms with van der Waals surface area (Å²) in [6.07, 6.45) is -2.37. The van der Waals surface area contributed by atoms with Gasteiger partial charge in [-0.25, -0.2) is 0 Å². The number of nitrogens with one attached hydrogen (secondary N) is 2. The summed E-state index contributed by atoms with van der Waals surface area (Å²) in [6, 6.07) is 0. The average Bonchev–Trinajstić information content (AvgIpc) is 2.09. The second-order valence-electron chi connectivity index (χ2n) is 3.27. The van der Waals surface area contributed by atoms with E-state index >= 15 is 0 Å². The SMILES string of the molecule is CCOCCC1C(O)NC(O)NC1O. The molecule has 0 aromatic heterocycles. The van der Waals surface area contributed by atoms with Crippen LogP contribution >= 0.6 is 0 Å². The molecule has 1 aliphatic heterocycles. The van der Waals surface area contributed by atoms with Crippen molar-refractivity contribution in [3.8, 4) is 0 Å². The first kappa shape index (κ1) is 11.8. The van der Waals surface area contributed by atoms with Gasteiger partial charge >= 0.3 is 0 Å². The van der Waals surface area contributed by atoms with Crippen LogP contribution in [-0.4, -0.2) is 47.3 Å². The molecule has 1 saturated heterocycles. The highest BCUT2D eigenvalue weighted by Crippen LogP contribution is 2.15. The van der Waals surface area contributed by atoms with Crippen molar-refractivity contribution >= 4 is 0 Å². The highest BCUT2D eigenvalue weighted by atomic mass is 16.5. The van der Waals surface area contributed by atoms with E-state index in [-0.39, 0.29) is 5.92 Å². The van der Waals surface area contributed by atoms with E-state index in [2.05, 4.69) is 10.6 Å². The van der Waals surface area contributed by atoms with E-state index < -0.39 is 18.8 Å². The maximum atomic E-state index is 9.48. The second kappa shape index (κ2) is 5.59. The molecule has 0 amide bonds. The van der Waals surface area contributed by atoms with Crippen LogP contribution in [0.1, 0.15) is 13.3 Å². The number of rotatable bonds is 4. The van der Waals surface area contributed by atoms with Gasteiger partial charge in [0.1, 0.15) is 12.5 Å². The van der Waals surface area contributed by atoms with Crippen LogP contribution in [0.5, 0.6) is 0 Å². The van der Waals surface area contributed by atoms with Gasteiger partial charge in [-0.2, -0.15) is 0 Å². The van der Waals surface area contributed by atoms with Crippen LogP contribution in [0.15, 0.2) is 0 Å². The number of ether oxygens (including phenoxy) is 1. The van der Waals surface area contributed by atoms with Gasteiger partial charge in [0.2, 0.25) is 0 Å². The molecule has 0 aromatic rings. The molecule has 0 aromatic carbocycles. The summed E-state index contributed by atoms with van der Waals surface area (Å²) in [6.45, 7) is 2.98. The predicted molar refractivity (Wildman–Crippen MR) is 48.9 cm³/mol. The predicted octanol–water partition coefficient (Wildman–Crippen LogP) is -1.87. The summed E-state index contributed by atoms with van der Waals surface area (Å²) in [5, 5.41) is 33.0. The fourth-order valence-electron chi connectivity index (χ4n) is 1.47. The minimum Gasteiger partial charge on any atom is -0.382 e. The Kier molecular flexibility index (Phi) is 4.73. The van der Waals surface area contributed by atoms with Crippen molar-refractivity contribution in [1.82, 2.24) is 10.6 Å². The number of aliphatic hydroxyl groups excluding tert-OH is 3. The Morgan fingerprint density at radius 1 is 1.14 bits per heavy atom. The van der Waals surface area contributed by atoms with E-state index in [1.165, 1.54) is 0 Å². The molecule has 1 heterocycles. The van der Waals surface area contributed by atoms with Gasteiger partial charge in [0.15, 0.2) is 6.35 Å². The summed E-state index contributed by atoms with van der Waals surface area (Å²) in [5.41, 5.74) is 0. The molecule has 14 heavy (non-hydrogen) atoms. The lowest BCUT2D eigenvalue weighted by atomic mass is 10.00. The Bertz CT molecular complexity index is 157. The van der Waals surface area contributed by atoms with E-state index in [1.54, 1.807) is 0 Å². The van der Waals surface area contributed by atoms with Crippen LogP contribution in [0.3, 0.4) is 0 Å². The Balaban J connectivity index is 2.34. The average molecular weight is 206 g/mol. The third kappa shape index (κ3) is 3.16. The Labute approximate surface area is 82.9 Å². The van der Waals surface area contributed by atoms with Gasteiger partial charge in [-0.15, -0.1) is 0 Å². The van der Waals surface area contributed by atoms with E-state index in [0.29, 0.717) is 19.6 Å². The van der Waals surface area contributed by atoms with Crippen LogP contribution in [0.4, 0.5) is 0 Å². The highest BCUT2D eigenvalue weighted by molar-refractivity contribution is 4.79. The summed E-state index contributed by atoms with van der Waals surface area (Å²) >= 11 is 0. The molecule has 84 valence electrons. The van der Waals surface area contributed by atoms with Crippen molar-refractivity contribution < 1.29 is 20.1 Å². The zero-order valence-corrected chi connectivity index (χ0v) is 8.18. The Hall–Kier alpha value is -0.240. The molecule has 0 saturated carbocycles. The monoisotopic (exact) mass is 206 g/mol. The minimum absolute atomic E-state index is 0.370. The maximum Gasteiger partial charge on any atom is 0.164 e. The first-order chi connectivity index (χ1) is 6.65. The minimum atomic E-state index is -1.07. The fraction of sp³-hybridized carbons (Fsp3) is 1.00. The smallest absolute Gasteiger partial charge is 0.164 e. The van der Waals surface area contributed by atoms with Crippen LogP contribution in [-0.2, 0) is 4.74 Å². The van der Waals surface area contributed by atoms with E-state index in [1.807, 2.05) is 6.92 Å². The summed E-state index contributed by atoms with van der Waals surface area (Å²) < 4.78 is 5.12. The fourth-order valence-corrected chi connectivity index (χ4v) is 1.47. The second-order valence-corrected chi connectivity index (χ2v) is 3.27. The zero-order valence-electron chi connectivity index (χ0n) is 8.18. The molecule has 0 radical (unpaired) electrons. The van der Waals surface area contributed by atoms with Crippen LogP contribution in [0, 0.1) is 5.92 Å². The maximum absolute atomic E-state index is 9.48. The first-order valence-corrected chi connectivity index (χ1v) is 4.79. The van der Waals surface area contributed by atoms with Gasteiger partial charge in [-0.1, -0.05) is 0 Å². The van der Waals surface area contributed by atoms with Crippen LogP contribution in [0.2, 0.25) is 0 Å². The lowest BCUT2D eigenvalue weighted by Gasteiger charge is -2.36. The normalized spacial score (nSPS) is 38.6. The molecule has 1 fully saturated rings. The lowest BCUT2D eigenvalue weighted by Crippen LogP contribution is -2.63. The Morgan fingerprint density at radius 2 is 1.71 bits per heavy atom. The summed E-state index contributed by atoms with van der Waals surface area (Å²) in [4.78, 5) is 0. The van der Waals surface area contributed by atoms with Crippen LogP contribution < -0.4 is 10.6 Å². The third-order valence-electron chi connectivity index (χ3n) is 2.27. The van der Waals surface area contributed by atoms with Gasteiger partial charge < -0.3 is 20.1 Å². The van der Waals surface area contributed by atoms with Gasteiger partial charge in [-0.05, 0) is 13.3 Å². The molecule has 2 atom stereocenters. The standard InChI is InChI=1S/C8H18N2O4/c1-2-14-4-3-5-6(11)9-8(13)10-7(5)12/h5-13H,2-4H2,1H3. The topological polar surface area (TPSA) is 94.0 Å². The van der Waals surface area contributed by atoms with Crippen molar-refractivity contribution in [3.05, 3.63) is 0 Å². The van der Waals surface area contributed by atoms with Crippen molar-refractivity contribution in [2.24, 2.45) is 5.92 Å². The van der Waals surface area contributed by atoms with Gasteiger partial charge in [0.25, 0.3) is 0 Å². The van der Waals surface area contributed by atoms with Gasteiger partial charge in [0.05, 0.1) is 0 Å². The third-order valence-corrected chi connectivity index (χ3v) is 2.27. The molecule has 0 bridgehead atoms. The number of hydrogen-bond donors (Lipinski definition) is 5. The van der Waals surface area contributed by atoms with Crippen LogP contribution in [0.25, 0.3) is 0 Å². The van der Waals surface area contributed by atoms with E-state index in [4.69, 9.17) is 9.84 Å². The quantitative estimate of drug-likeness (QED) is 0.346. The van der Waals surface area contributed by atoms with E-state index in [0.717, 1.165) is 0 Å². The molecule has 0 spiro atoms. The highest BCUT2D eigenvalue weighted by Gasteiger charge is 2.33.